The Morgan fingerprint density at radius 1 is 1.03 bits per heavy atom. The van der Waals surface area contributed by atoms with E-state index < -0.39 is 27.2 Å². The lowest BCUT2D eigenvalue weighted by Gasteiger charge is -2.26. The van der Waals surface area contributed by atoms with Crippen LogP contribution in [0.15, 0.2) is 44.8 Å². The van der Waals surface area contributed by atoms with Crippen LogP contribution in [0.1, 0.15) is 10.4 Å². The van der Waals surface area contributed by atoms with Gasteiger partial charge in [0.1, 0.15) is 5.82 Å². The molecule has 1 aromatic heterocycles. The Labute approximate surface area is 166 Å². The number of nitrogens with one attached hydrogen (secondary N) is 2. The first-order chi connectivity index (χ1) is 13.7. The molecule has 29 heavy (non-hydrogen) atoms. The van der Waals surface area contributed by atoms with Crippen molar-refractivity contribution in [3.8, 4) is 0 Å². The van der Waals surface area contributed by atoms with Gasteiger partial charge in [-0.2, -0.15) is 4.31 Å². The summed E-state index contributed by atoms with van der Waals surface area (Å²) in [6, 6.07) is 6.64. The number of nitrogens with zero attached hydrogens (tertiary/aromatic N) is 3. The molecule has 1 amide bonds. The SMILES string of the molecule is Cn1c(NNC(=O)c2ccc(S(=O)(=O)N3CCOCC3)cc2)cc(=O)n(C)c1=O. The van der Waals surface area contributed by atoms with Gasteiger partial charge >= 0.3 is 5.69 Å². The number of anilines is 1. The van der Waals surface area contributed by atoms with E-state index in [4.69, 9.17) is 4.74 Å². The number of aromatic nitrogens is 2. The first kappa shape index (κ1) is 20.8. The Morgan fingerprint density at radius 2 is 1.66 bits per heavy atom. The molecule has 0 aliphatic carbocycles. The molecule has 0 saturated carbocycles. The molecule has 1 fully saturated rings. The van der Waals surface area contributed by atoms with E-state index in [-0.39, 0.29) is 29.4 Å². The van der Waals surface area contributed by atoms with Crippen LogP contribution < -0.4 is 22.1 Å². The second kappa shape index (κ2) is 8.19. The molecule has 0 bridgehead atoms. The molecule has 3 rings (SSSR count). The van der Waals surface area contributed by atoms with Crippen molar-refractivity contribution in [2.24, 2.45) is 14.1 Å². The van der Waals surface area contributed by atoms with E-state index in [0.29, 0.717) is 13.2 Å². The first-order valence-corrected chi connectivity index (χ1v) is 10.2. The number of sulfonamides is 1. The minimum atomic E-state index is -3.65. The number of hydrazine groups is 1. The summed E-state index contributed by atoms with van der Waals surface area (Å²) in [4.78, 5) is 36.0. The molecule has 1 aromatic carbocycles. The first-order valence-electron chi connectivity index (χ1n) is 8.73. The van der Waals surface area contributed by atoms with Gasteiger partial charge in [-0.3, -0.25) is 29.6 Å². The number of hydrogen-bond acceptors (Lipinski definition) is 7. The quantitative estimate of drug-likeness (QED) is 0.581. The third kappa shape index (κ3) is 4.23. The van der Waals surface area contributed by atoms with Crippen LogP contribution in [0.5, 0.6) is 0 Å². The summed E-state index contributed by atoms with van der Waals surface area (Å²) in [5, 5.41) is 0. The number of benzene rings is 1. The summed E-state index contributed by atoms with van der Waals surface area (Å²) in [6.07, 6.45) is 0. The van der Waals surface area contributed by atoms with Gasteiger partial charge in [0.15, 0.2) is 0 Å². The summed E-state index contributed by atoms with van der Waals surface area (Å²) < 4.78 is 33.8. The van der Waals surface area contributed by atoms with Crippen molar-refractivity contribution in [3.63, 3.8) is 0 Å². The van der Waals surface area contributed by atoms with E-state index >= 15 is 0 Å². The second-order valence-corrected chi connectivity index (χ2v) is 8.33. The van der Waals surface area contributed by atoms with Gasteiger partial charge in [-0.25, -0.2) is 13.2 Å². The Bertz CT molecular complexity index is 1130. The lowest BCUT2D eigenvalue weighted by atomic mass is 10.2. The Morgan fingerprint density at radius 3 is 2.28 bits per heavy atom. The van der Waals surface area contributed by atoms with Gasteiger partial charge in [-0.05, 0) is 24.3 Å². The molecule has 156 valence electrons. The van der Waals surface area contributed by atoms with Crippen LogP contribution in [0.4, 0.5) is 5.82 Å². The normalized spacial score (nSPS) is 15.1. The van der Waals surface area contributed by atoms with Crippen molar-refractivity contribution in [2.75, 3.05) is 31.7 Å². The highest BCUT2D eigenvalue weighted by atomic mass is 32.2. The minimum absolute atomic E-state index is 0.0814. The molecule has 12 heteroatoms. The maximum atomic E-state index is 12.6. The average Bonchev–Trinajstić information content (AvgIpc) is 2.74. The molecule has 0 atom stereocenters. The van der Waals surface area contributed by atoms with E-state index in [1.807, 2.05) is 0 Å². The summed E-state index contributed by atoms with van der Waals surface area (Å²) in [5.41, 5.74) is 4.03. The molecule has 1 aliphatic rings. The zero-order chi connectivity index (χ0) is 21.2. The fourth-order valence-electron chi connectivity index (χ4n) is 2.76. The summed E-state index contributed by atoms with van der Waals surface area (Å²) in [7, 11) is -0.855. The summed E-state index contributed by atoms with van der Waals surface area (Å²) >= 11 is 0. The zero-order valence-electron chi connectivity index (χ0n) is 15.9. The van der Waals surface area contributed by atoms with Gasteiger partial charge in [0.2, 0.25) is 10.0 Å². The number of hydrogen-bond donors (Lipinski definition) is 2. The van der Waals surface area contributed by atoms with Crippen LogP contribution in [0, 0.1) is 0 Å². The Kier molecular flexibility index (Phi) is 5.86. The van der Waals surface area contributed by atoms with Crippen LogP contribution in [-0.2, 0) is 28.9 Å². The molecule has 0 unspecified atom stereocenters. The Balaban J connectivity index is 1.71. The Hall–Kier alpha value is -2.96. The van der Waals surface area contributed by atoms with Crippen molar-refractivity contribution in [2.45, 2.75) is 4.90 Å². The number of carbonyl (C=O) groups excluding carboxylic acids is 1. The predicted octanol–water partition coefficient (Wildman–Crippen LogP) is -1.14. The van der Waals surface area contributed by atoms with Crippen molar-refractivity contribution in [1.82, 2.24) is 18.9 Å². The molecular weight excluding hydrogens is 402 g/mol. The third-order valence-corrected chi connectivity index (χ3v) is 6.47. The molecule has 0 spiro atoms. The van der Waals surface area contributed by atoms with Crippen LogP contribution in [0.2, 0.25) is 0 Å². The van der Waals surface area contributed by atoms with Gasteiger partial charge < -0.3 is 4.74 Å². The summed E-state index contributed by atoms with van der Waals surface area (Å²) in [5.74, 6) is -0.452. The van der Waals surface area contributed by atoms with E-state index in [1.165, 1.54) is 53.3 Å². The fourth-order valence-corrected chi connectivity index (χ4v) is 4.17. The number of carbonyl (C=O) groups is 1. The van der Waals surface area contributed by atoms with Gasteiger partial charge in [0.05, 0.1) is 18.1 Å². The van der Waals surface area contributed by atoms with Gasteiger partial charge in [-0.1, -0.05) is 0 Å². The molecule has 0 radical (unpaired) electrons. The fraction of sp³-hybridized carbons (Fsp3) is 0.353. The minimum Gasteiger partial charge on any atom is -0.379 e. The predicted molar refractivity (Wildman–Crippen MR) is 104 cm³/mol. The van der Waals surface area contributed by atoms with E-state index in [2.05, 4.69) is 10.9 Å². The van der Waals surface area contributed by atoms with Crippen molar-refractivity contribution in [3.05, 3.63) is 56.7 Å². The van der Waals surface area contributed by atoms with Gasteiger partial charge in [0.25, 0.3) is 11.5 Å². The molecule has 2 N–H and O–H groups in total. The lowest BCUT2D eigenvalue weighted by molar-refractivity contribution is 0.0730. The third-order valence-electron chi connectivity index (χ3n) is 4.55. The van der Waals surface area contributed by atoms with Gasteiger partial charge in [0, 0.05) is 38.8 Å². The molecule has 11 nitrogen and oxygen atoms in total. The van der Waals surface area contributed by atoms with Crippen molar-refractivity contribution < 1.29 is 17.9 Å². The monoisotopic (exact) mass is 423 g/mol. The topological polar surface area (TPSA) is 132 Å². The zero-order valence-corrected chi connectivity index (χ0v) is 16.7. The highest BCUT2D eigenvalue weighted by Gasteiger charge is 2.26. The molecular formula is C17H21N5O6S. The molecule has 1 aliphatic heterocycles. The molecule has 2 aromatic rings. The number of morpholine rings is 1. The number of amides is 1. The lowest BCUT2D eigenvalue weighted by Crippen LogP contribution is -2.40. The van der Waals surface area contributed by atoms with E-state index in [0.717, 1.165) is 4.57 Å². The van der Waals surface area contributed by atoms with E-state index in [1.54, 1.807) is 0 Å². The van der Waals surface area contributed by atoms with Crippen LogP contribution >= 0.6 is 0 Å². The van der Waals surface area contributed by atoms with Crippen LogP contribution in [0.25, 0.3) is 0 Å². The van der Waals surface area contributed by atoms with E-state index in [9.17, 15) is 22.8 Å². The van der Waals surface area contributed by atoms with Gasteiger partial charge in [-0.15, -0.1) is 0 Å². The second-order valence-electron chi connectivity index (χ2n) is 6.39. The standard InChI is InChI=1S/C17H21N5O6S/c1-20-14(11-15(23)21(2)17(20)25)18-19-16(24)12-3-5-13(6-4-12)29(26,27)22-7-9-28-10-8-22/h3-6,11,18H,7-10H2,1-2H3,(H,19,24). The van der Waals surface area contributed by atoms with Crippen LogP contribution in [-0.4, -0.2) is 54.1 Å². The van der Waals surface area contributed by atoms with Crippen molar-refractivity contribution >= 4 is 21.7 Å². The molecule has 2 heterocycles. The maximum absolute atomic E-state index is 12.6. The highest BCUT2D eigenvalue weighted by Crippen LogP contribution is 2.17. The number of ether oxygens (including phenoxy) is 1. The maximum Gasteiger partial charge on any atom is 0.332 e. The van der Waals surface area contributed by atoms with Crippen LogP contribution in [0.3, 0.4) is 0 Å². The number of rotatable bonds is 5. The largest absolute Gasteiger partial charge is 0.379 e. The average molecular weight is 423 g/mol. The smallest absolute Gasteiger partial charge is 0.332 e. The highest BCUT2D eigenvalue weighted by molar-refractivity contribution is 7.89. The van der Waals surface area contributed by atoms with Crippen molar-refractivity contribution in [1.29, 1.82) is 0 Å². The summed E-state index contributed by atoms with van der Waals surface area (Å²) in [6.45, 7) is 1.25. The molecule has 1 saturated heterocycles.